The first-order valence-corrected chi connectivity index (χ1v) is 13.2. The van der Waals surface area contributed by atoms with Crippen molar-refractivity contribution in [1.29, 1.82) is 0 Å². The zero-order valence-corrected chi connectivity index (χ0v) is 20.3. The highest BCUT2D eigenvalue weighted by Gasteiger charge is 2.47. The molecule has 2 aromatic rings. The van der Waals surface area contributed by atoms with Gasteiger partial charge >= 0.3 is 5.97 Å². The van der Waals surface area contributed by atoms with Crippen LogP contribution < -0.4 is 0 Å². The summed E-state index contributed by atoms with van der Waals surface area (Å²) in [5, 5.41) is 1.07. The van der Waals surface area contributed by atoms with Gasteiger partial charge in [0.25, 0.3) is 0 Å². The Labute approximate surface area is 181 Å². The van der Waals surface area contributed by atoms with Crippen molar-refractivity contribution >= 4 is 25.2 Å². The lowest BCUT2D eigenvalue weighted by atomic mass is 10.2. The minimum atomic E-state index is -2.03. The van der Waals surface area contributed by atoms with Gasteiger partial charge in [-0.15, -0.1) is 0 Å². The van der Waals surface area contributed by atoms with E-state index >= 15 is 0 Å². The minimum Gasteiger partial charge on any atom is -0.460 e. The van der Waals surface area contributed by atoms with Gasteiger partial charge in [0, 0.05) is 37.3 Å². The number of hydrogen-bond donors (Lipinski definition) is 0. The van der Waals surface area contributed by atoms with Crippen molar-refractivity contribution in [3.63, 3.8) is 0 Å². The van der Waals surface area contributed by atoms with Crippen LogP contribution in [0.5, 0.6) is 0 Å². The maximum atomic E-state index is 11.8. The Kier molecular flexibility index (Phi) is 7.04. The molecular weight excluding hydrogens is 396 g/mol. The maximum absolute atomic E-state index is 11.8. The van der Waals surface area contributed by atoms with Crippen molar-refractivity contribution < 1.29 is 18.7 Å². The van der Waals surface area contributed by atoms with Crippen LogP contribution in [-0.4, -0.2) is 42.7 Å². The molecule has 0 N–H and O–H groups in total. The highest BCUT2D eigenvalue weighted by Crippen LogP contribution is 2.43. The second-order valence-electron chi connectivity index (χ2n) is 9.30. The van der Waals surface area contributed by atoms with Crippen LogP contribution in [0.3, 0.4) is 0 Å². The van der Waals surface area contributed by atoms with Gasteiger partial charge in [-0.3, -0.25) is 9.78 Å². The number of esters is 1. The van der Waals surface area contributed by atoms with Crippen LogP contribution in [0.2, 0.25) is 16.6 Å². The number of carbonyl (C=O) groups is 1. The number of hydrogen-bond acceptors (Lipinski definition) is 5. The quantitative estimate of drug-likeness (QED) is 0.410. The summed E-state index contributed by atoms with van der Waals surface area (Å²) >= 11 is 0. The van der Waals surface area contributed by atoms with Crippen LogP contribution in [0.15, 0.2) is 30.7 Å². The molecule has 1 aliphatic heterocycles. The Bertz CT molecular complexity index is 842. The molecule has 1 fully saturated rings. The van der Waals surface area contributed by atoms with Crippen molar-refractivity contribution in [3.05, 3.63) is 30.7 Å². The first-order chi connectivity index (χ1) is 14.2. The predicted octanol–water partition coefficient (Wildman–Crippen LogP) is 5.45. The van der Waals surface area contributed by atoms with Crippen LogP contribution in [0.4, 0.5) is 0 Å². The van der Waals surface area contributed by atoms with Gasteiger partial charge in [-0.2, -0.15) is 0 Å². The fraction of sp³-hybridized carbons (Fsp3) is 0.652. The third-order valence-corrected chi connectivity index (χ3v) is 12.6. The summed E-state index contributed by atoms with van der Waals surface area (Å²) in [5.74, 6) is -0.282. The van der Waals surface area contributed by atoms with Crippen LogP contribution >= 0.6 is 0 Å². The van der Waals surface area contributed by atoms with Crippen molar-refractivity contribution in [2.45, 2.75) is 89.9 Å². The van der Waals surface area contributed by atoms with E-state index in [9.17, 15) is 4.79 Å². The first-order valence-electron chi connectivity index (χ1n) is 11.0. The van der Waals surface area contributed by atoms with Crippen molar-refractivity contribution in [2.24, 2.45) is 0 Å². The third kappa shape index (κ3) is 4.34. The molecule has 0 aliphatic carbocycles. The lowest BCUT2D eigenvalue weighted by Crippen LogP contribution is -2.50. The van der Waals surface area contributed by atoms with Crippen LogP contribution in [0, 0.1) is 0 Å². The van der Waals surface area contributed by atoms with Crippen LogP contribution in [0.1, 0.15) is 61.1 Å². The highest BCUT2D eigenvalue weighted by molar-refractivity contribution is 6.77. The molecule has 3 atom stereocenters. The Balaban J connectivity index is 1.82. The third-order valence-electron chi connectivity index (χ3n) is 6.53. The number of rotatable bonds is 8. The van der Waals surface area contributed by atoms with E-state index in [2.05, 4.69) is 51.1 Å². The molecule has 3 rings (SSSR count). The van der Waals surface area contributed by atoms with E-state index in [-0.39, 0.29) is 24.4 Å². The van der Waals surface area contributed by atoms with E-state index in [1.165, 1.54) is 6.92 Å². The second kappa shape index (κ2) is 9.20. The summed E-state index contributed by atoms with van der Waals surface area (Å²) in [6.45, 7) is 15.5. The topological polar surface area (TPSA) is 62.6 Å². The summed E-state index contributed by atoms with van der Waals surface area (Å²) in [5.41, 5.74) is 2.53. The Hall–Kier alpha value is -1.70. The van der Waals surface area contributed by atoms with Crippen molar-refractivity contribution in [3.8, 4) is 0 Å². The molecular formula is C23H36N2O4Si. The van der Waals surface area contributed by atoms with E-state index in [4.69, 9.17) is 13.9 Å². The van der Waals surface area contributed by atoms with Crippen molar-refractivity contribution in [1.82, 2.24) is 9.55 Å². The van der Waals surface area contributed by atoms with Gasteiger partial charge in [0.2, 0.25) is 0 Å². The zero-order chi connectivity index (χ0) is 22.1. The molecule has 0 aromatic carbocycles. The van der Waals surface area contributed by atoms with E-state index in [1.807, 2.05) is 24.5 Å². The molecule has 6 nitrogen and oxygen atoms in total. The van der Waals surface area contributed by atoms with Gasteiger partial charge in [0.15, 0.2) is 8.32 Å². The number of ether oxygens (including phenoxy) is 2. The van der Waals surface area contributed by atoms with Gasteiger partial charge in [-0.25, -0.2) is 0 Å². The summed E-state index contributed by atoms with van der Waals surface area (Å²) in [4.78, 5) is 15.9. The fourth-order valence-corrected chi connectivity index (χ4v) is 10.8. The summed E-state index contributed by atoms with van der Waals surface area (Å²) in [7, 11) is -2.03. The maximum Gasteiger partial charge on any atom is 0.302 e. The average molecular weight is 433 g/mol. The number of carbonyl (C=O) groups excluding carboxylic acids is 1. The van der Waals surface area contributed by atoms with E-state index < -0.39 is 8.32 Å². The number of aromatic nitrogens is 2. The number of fused-ring (bicyclic) bond motifs is 1. The standard InChI is InChI=1S/C23H36N2O4Si/c1-15(2)30(16(3)4,17(5)6)27-14-22-21(28-18(7)26)12-23(29-22)25-11-9-19-13-24-10-8-20(19)25/h8-11,13,15-17,21-23H,12,14H2,1-7H3. The van der Waals surface area contributed by atoms with Crippen LogP contribution in [-0.2, 0) is 18.7 Å². The van der Waals surface area contributed by atoms with Gasteiger partial charge in [0.1, 0.15) is 18.4 Å². The fourth-order valence-electron chi connectivity index (χ4n) is 5.34. The smallest absolute Gasteiger partial charge is 0.302 e. The molecule has 1 saturated heterocycles. The Morgan fingerprint density at radius 2 is 1.87 bits per heavy atom. The van der Waals surface area contributed by atoms with Crippen molar-refractivity contribution in [2.75, 3.05) is 6.61 Å². The van der Waals surface area contributed by atoms with Gasteiger partial charge in [0.05, 0.1) is 12.1 Å². The molecule has 3 heterocycles. The molecule has 3 unspecified atom stereocenters. The highest BCUT2D eigenvalue weighted by atomic mass is 28.4. The minimum absolute atomic E-state index is 0.198. The predicted molar refractivity (Wildman–Crippen MR) is 121 cm³/mol. The van der Waals surface area contributed by atoms with Gasteiger partial charge in [-0.1, -0.05) is 41.5 Å². The molecule has 0 saturated carbocycles. The summed E-state index contributed by atoms with van der Waals surface area (Å²) < 4.78 is 21.0. The number of nitrogens with zero attached hydrogens (tertiary/aromatic N) is 2. The first kappa shape index (κ1) is 23.0. The Morgan fingerprint density at radius 1 is 1.20 bits per heavy atom. The molecule has 0 amide bonds. The second-order valence-corrected chi connectivity index (χ2v) is 14.8. The lowest BCUT2D eigenvalue weighted by molar-refractivity contribution is -0.150. The van der Waals surface area contributed by atoms with E-state index in [0.717, 1.165) is 10.9 Å². The molecule has 166 valence electrons. The lowest BCUT2D eigenvalue weighted by Gasteiger charge is -2.42. The normalized spacial score (nSPS) is 22.5. The SMILES string of the molecule is CC(=O)OC1CC(n2ccc3cnccc32)OC1CO[Si](C(C)C)(C(C)C)C(C)C. The molecule has 0 spiro atoms. The molecule has 30 heavy (non-hydrogen) atoms. The summed E-state index contributed by atoms with van der Waals surface area (Å²) in [6, 6.07) is 4.02. The molecule has 2 aromatic heterocycles. The number of pyridine rings is 1. The van der Waals surface area contributed by atoms with Gasteiger partial charge in [-0.05, 0) is 28.8 Å². The summed E-state index contributed by atoms with van der Waals surface area (Å²) in [6.07, 6.45) is 5.46. The monoisotopic (exact) mass is 432 g/mol. The molecule has 7 heteroatoms. The zero-order valence-electron chi connectivity index (χ0n) is 19.3. The molecule has 0 bridgehead atoms. The van der Waals surface area contributed by atoms with E-state index in [0.29, 0.717) is 29.7 Å². The van der Waals surface area contributed by atoms with Crippen LogP contribution in [0.25, 0.3) is 10.9 Å². The van der Waals surface area contributed by atoms with E-state index in [1.54, 1.807) is 6.20 Å². The largest absolute Gasteiger partial charge is 0.460 e. The molecule has 0 radical (unpaired) electrons. The molecule has 1 aliphatic rings. The average Bonchev–Trinajstić information content (AvgIpc) is 3.25. The van der Waals surface area contributed by atoms with Gasteiger partial charge < -0.3 is 18.5 Å². The Morgan fingerprint density at radius 3 is 2.47 bits per heavy atom.